The van der Waals surface area contributed by atoms with Gasteiger partial charge in [0.25, 0.3) is 0 Å². The molecule has 1 aromatic heterocycles. The van der Waals surface area contributed by atoms with Crippen molar-refractivity contribution >= 4 is 0 Å². The largest absolute Gasteiger partial charge is 0.375 e. The lowest BCUT2D eigenvalue weighted by Crippen LogP contribution is -1.92. The lowest BCUT2D eigenvalue weighted by Gasteiger charge is -1.92. The van der Waals surface area contributed by atoms with Crippen molar-refractivity contribution < 1.29 is 5.11 Å². The Morgan fingerprint density at radius 2 is 2.67 bits per heavy atom. The SMILES string of the molecule is C=C[C](O)c1c[nH]nn1. The maximum atomic E-state index is 8.89. The van der Waals surface area contributed by atoms with Gasteiger partial charge in [-0.05, 0) is 0 Å². The van der Waals surface area contributed by atoms with E-state index in [0.29, 0.717) is 5.69 Å². The third kappa shape index (κ3) is 1.14. The van der Waals surface area contributed by atoms with E-state index in [1.54, 1.807) is 0 Å². The van der Waals surface area contributed by atoms with Crippen molar-refractivity contribution in [2.75, 3.05) is 0 Å². The molecule has 0 unspecified atom stereocenters. The van der Waals surface area contributed by atoms with Gasteiger partial charge in [0.15, 0.2) is 6.10 Å². The fourth-order valence-electron chi connectivity index (χ4n) is 0.431. The molecule has 9 heavy (non-hydrogen) atoms. The van der Waals surface area contributed by atoms with Gasteiger partial charge in [0, 0.05) is 6.20 Å². The van der Waals surface area contributed by atoms with Crippen LogP contribution in [0.1, 0.15) is 5.69 Å². The molecule has 0 aromatic carbocycles. The summed E-state index contributed by atoms with van der Waals surface area (Å²) in [7, 11) is 0. The average molecular weight is 124 g/mol. The summed E-state index contributed by atoms with van der Waals surface area (Å²) in [5.74, 6) is 0. The summed E-state index contributed by atoms with van der Waals surface area (Å²) < 4.78 is 0. The fourth-order valence-corrected chi connectivity index (χ4v) is 0.431. The lowest BCUT2D eigenvalue weighted by atomic mass is 10.3. The Labute approximate surface area is 52.2 Å². The predicted octanol–water partition coefficient (Wildman–Crippen LogP) is 0.243. The van der Waals surface area contributed by atoms with E-state index in [9.17, 15) is 0 Å². The first-order valence-corrected chi connectivity index (χ1v) is 2.40. The molecule has 0 fully saturated rings. The summed E-state index contributed by atoms with van der Waals surface area (Å²) in [5, 5.41) is 18.3. The van der Waals surface area contributed by atoms with E-state index < -0.39 is 0 Å². The number of aromatic amines is 1. The van der Waals surface area contributed by atoms with E-state index in [4.69, 9.17) is 5.11 Å². The van der Waals surface area contributed by atoms with E-state index in [-0.39, 0.29) is 6.10 Å². The molecule has 0 aliphatic heterocycles. The molecule has 1 rings (SSSR count). The number of aromatic nitrogens is 3. The van der Waals surface area contributed by atoms with Gasteiger partial charge in [0.1, 0.15) is 5.69 Å². The Morgan fingerprint density at radius 1 is 1.89 bits per heavy atom. The van der Waals surface area contributed by atoms with Crippen LogP contribution in [0.4, 0.5) is 0 Å². The highest BCUT2D eigenvalue weighted by molar-refractivity contribution is 5.20. The highest BCUT2D eigenvalue weighted by atomic mass is 16.3. The van der Waals surface area contributed by atoms with Gasteiger partial charge in [-0.25, -0.2) is 0 Å². The summed E-state index contributed by atoms with van der Waals surface area (Å²) in [5.41, 5.74) is 0.407. The van der Waals surface area contributed by atoms with E-state index >= 15 is 0 Å². The van der Waals surface area contributed by atoms with Crippen molar-refractivity contribution in [3.05, 3.63) is 30.6 Å². The zero-order chi connectivity index (χ0) is 6.69. The van der Waals surface area contributed by atoms with Gasteiger partial charge >= 0.3 is 0 Å². The second-order valence-electron chi connectivity index (χ2n) is 1.45. The summed E-state index contributed by atoms with van der Waals surface area (Å²) >= 11 is 0. The van der Waals surface area contributed by atoms with Crippen molar-refractivity contribution in [3.63, 3.8) is 0 Å². The molecule has 0 saturated carbocycles. The van der Waals surface area contributed by atoms with Crippen LogP contribution in [0.2, 0.25) is 0 Å². The first-order chi connectivity index (χ1) is 4.34. The molecule has 1 aromatic rings. The van der Waals surface area contributed by atoms with Crippen molar-refractivity contribution in [2.45, 2.75) is 0 Å². The molecule has 1 radical (unpaired) electrons. The van der Waals surface area contributed by atoms with Crippen molar-refractivity contribution in [1.29, 1.82) is 0 Å². The Morgan fingerprint density at radius 3 is 3.11 bits per heavy atom. The van der Waals surface area contributed by atoms with E-state index in [2.05, 4.69) is 22.0 Å². The van der Waals surface area contributed by atoms with Gasteiger partial charge in [-0.1, -0.05) is 17.9 Å². The lowest BCUT2D eigenvalue weighted by molar-refractivity contribution is 0.359. The quantitative estimate of drug-likeness (QED) is 0.593. The summed E-state index contributed by atoms with van der Waals surface area (Å²) in [4.78, 5) is 0. The van der Waals surface area contributed by atoms with Crippen molar-refractivity contribution in [2.24, 2.45) is 0 Å². The molecular formula is C5H6N3O. The number of aliphatic hydroxyl groups is 1. The minimum atomic E-state index is 0.0313. The zero-order valence-corrected chi connectivity index (χ0v) is 4.70. The molecule has 4 nitrogen and oxygen atoms in total. The highest BCUT2D eigenvalue weighted by Crippen LogP contribution is 2.04. The number of aliphatic hydroxyl groups excluding tert-OH is 1. The fraction of sp³-hybridized carbons (Fsp3) is 0. The molecule has 0 bridgehead atoms. The molecule has 0 amide bonds. The second-order valence-corrected chi connectivity index (χ2v) is 1.45. The van der Waals surface area contributed by atoms with Crippen LogP contribution in [0, 0.1) is 6.10 Å². The molecule has 1 heterocycles. The normalized spacial score (nSPS) is 10.0. The highest BCUT2D eigenvalue weighted by Gasteiger charge is 2.04. The Kier molecular flexibility index (Phi) is 1.60. The van der Waals surface area contributed by atoms with Crippen LogP contribution in [0.3, 0.4) is 0 Å². The minimum absolute atomic E-state index is 0.0313. The van der Waals surface area contributed by atoms with Crippen LogP contribution >= 0.6 is 0 Å². The van der Waals surface area contributed by atoms with Gasteiger partial charge in [0.05, 0.1) is 0 Å². The third-order valence-electron chi connectivity index (χ3n) is 0.873. The molecule has 47 valence electrons. The van der Waals surface area contributed by atoms with E-state index in [0.717, 1.165) is 0 Å². The van der Waals surface area contributed by atoms with Crippen LogP contribution in [-0.4, -0.2) is 20.5 Å². The Hall–Kier alpha value is -1.16. The second kappa shape index (κ2) is 2.41. The topological polar surface area (TPSA) is 61.8 Å². The molecule has 0 aliphatic carbocycles. The number of hydrogen-bond acceptors (Lipinski definition) is 3. The Bertz CT molecular complexity index is 182. The molecule has 4 heteroatoms. The monoisotopic (exact) mass is 124 g/mol. The smallest absolute Gasteiger partial charge is 0.166 e. The van der Waals surface area contributed by atoms with Crippen LogP contribution in [0.5, 0.6) is 0 Å². The maximum absolute atomic E-state index is 8.89. The molecular weight excluding hydrogens is 118 g/mol. The minimum Gasteiger partial charge on any atom is -0.375 e. The van der Waals surface area contributed by atoms with Crippen molar-refractivity contribution in [1.82, 2.24) is 15.4 Å². The van der Waals surface area contributed by atoms with E-state index in [1.807, 2.05) is 0 Å². The van der Waals surface area contributed by atoms with Gasteiger partial charge < -0.3 is 5.11 Å². The molecule has 0 spiro atoms. The van der Waals surface area contributed by atoms with Crippen LogP contribution in [0.25, 0.3) is 0 Å². The molecule has 0 aliphatic rings. The average Bonchev–Trinajstić information content (AvgIpc) is 2.37. The first kappa shape index (κ1) is 5.97. The summed E-state index contributed by atoms with van der Waals surface area (Å²) in [6.45, 7) is 3.35. The van der Waals surface area contributed by atoms with Gasteiger partial charge in [-0.3, -0.25) is 5.10 Å². The first-order valence-electron chi connectivity index (χ1n) is 2.40. The number of H-pyrrole nitrogens is 1. The standard InChI is InChI=1S/C5H6N3O/c1-2-5(9)4-3-6-8-7-4/h2-3,9H,1H2,(H,6,7,8). The summed E-state index contributed by atoms with van der Waals surface area (Å²) in [6, 6.07) is 0. The summed E-state index contributed by atoms with van der Waals surface area (Å²) in [6.07, 6.45) is 2.82. The number of nitrogens with zero attached hydrogens (tertiary/aromatic N) is 2. The number of hydrogen-bond donors (Lipinski definition) is 2. The van der Waals surface area contributed by atoms with Crippen LogP contribution < -0.4 is 0 Å². The van der Waals surface area contributed by atoms with Gasteiger partial charge in [-0.2, -0.15) is 0 Å². The number of nitrogens with one attached hydrogen (secondary N) is 1. The third-order valence-corrected chi connectivity index (χ3v) is 0.873. The van der Waals surface area contributed by atoms with Gasteiger partial charge in [-0.15, -0.1) is 5.10 Å². The van der Waals surface area contributed by atoms with Crippen LogP contribution in [0.15, 0.2) is 18.9 Å². The zero-order valence-electron chi connectivity index (χ0n) is 4.70. The maximum Gasteiger partial charge on any atom is 0.166 e. The van der Waals surface area contributed by atoms with Crippen molar-refractivity contribution in [3.8, 4) is 0 Å². The number of rotatable bonds is 2. The molecule has 2 N–H and O–H groups in total. The predicted molar refractivity (Wildman–Crippen MR) is 30.9 cm³/mol. The van der Waals surface area contributed by atoms with E-state index in [1.165, 1.54) is 12.3 Å². The molecule has 0 atom stereocenters. The van der Waals surface area contributed by atoms with Gasteiger partial charge in [0.2, 0.25) is 0 Å². The Balaban J connectivity index is 2.76. The van der Waals surface area contributed by atoms with Crippen LogP contribution in [-0.2, 0) is 0 Å². The molecule has 0 saturated heterocycles.